The summed E-state index contributed by atoms with van der Waals surface area (Å²) in [4.78, 5) is 24.5. The first kappa shape index (κ1) is 19.6. The van der Waals surface area contributed by atoms with E-state index in [4.69, 9.17) is 23.2 Å². The van der Waals surface area contributed by atoms with Crippen molar-refractivity contribution in [3.63, 3.8) is 0 Å². The smallest absolute Gasteiger partial charge is 0.332 e. The van der Waals surface area contributed by atoms with Crippen molar-refractivity contribution in [3.05, 3.63) is 0 Å². The van der Waals surface area contributed by atoms with Gasteiger partial charge < -0.3 is 5.32 Å². The van der Waals surface area contributed by atoms with Gasteiger partial charge in [-0.2, -0.15) is 9.43 Å². The van der Waals surface area contributed by atoms with Gasteiger partial charge in [0.2, 0.25) is 0 Å². The summed E-state index contributed by atoms with van der Waals surface area (Å²) in [6.07, 6.45) is 3.95. The first-order valence-corrected chi connectivity index (χ1v) is 8.89. The molecular weight excluding hydrogens is 352 g/mol. The van der Waals surface area contributed by atoms with Crippen LogP contribution in [0.5, 0.6) is 0 Å². The van der Waals surface area contributed by atoms with E-state index in [-0.39, 0.29) is 5.12 Å². The maximum absolute atomic E-state index is 14.3. The van der Waals surface area contributed by atoms with Crippen molar-refractivity contribution in [2.75, 3.05) is 0 Å². The number of amides is 4. The quantitative estimate of drug-likeness (QED) is 0.437. The maximum atomic E-state index is 14.3. The Labute approximate surface area is 144 Å². The van der Waals surface area contributed by atoms with E-state index < -0.39 is 27.8 Å². The maximum Gasteiger partial charge on any atom is 0.366 e. The van der Waals surface area contributed by atoms with Gasteiger partial charge in [-0.3, -0.25) is 0 Å². The molecule has 9 heteroatoms. The molecule has 0 bridgehead atoms. The number of rotatable bonds is 3. The Morgan fingerprint density at radius 1 is 1.23 bits per heavy atom. The van der Waals surface area contributed by atoms with Crippen LogP contribution in [0.1, 0.15) is 52.9 Å². The van der Waals surface area contributed by atoms with Gasteiger partial charge in [-0.15, -0.1) is 0 Å². The standard InChI is InChI=1S/C13H22Cl2FN3O2S/c1-13(2,3)17-11(20)19(22-10(14)15)12(21)18(16)9-7-5-4-6-8-9/h9-10H,4-8H2,1-3H3,(H,17,20). The molecule has 5 nitrogen and oxygen atoms in total. The van der Waals surface area contributed by atoms with Crippen LogP contribution in [0, 0.1) is 0 Å². The summed E-state index contributed by atoms with van der Waals surface area (Å²) in [5.74, 6) is 0. The molecule has 0 atom stereocenters. The van der Waals surface area contributed by atoms with Crippen LogP contribution in [-0.4, -0.2) is 37.2 Å². The van der Waals surface area contributed by atoms with Gasteiger partial charge in [-0.05, 0) is 33.6 Å². The highest BCUT2D eigenvalue weighted by Crippen LogP contribution is 2.29. The summed E-state index contributed by atoms with van der Waals surface area (Å²) < 4.78 is 13.9. The van der Waals surface area contributed by atoms with Crippen LogP contribution in [0.4, 0.5) is 14.1 Å². The van der Waals surface area contributed by atoms with Gasteiger partial charge in [-0.25, -0.2) is 9.59 Å². The molecule has 0 unspecified atom stereocenters. The number of urea groups is 2. The molecule has 0 aromatic heterocycles. The van der Waals surface area contributed by atoms with E-state index in [2.05, 4.69) is 5.32 Å². The Kier molecular flexibility index (Phi) is 7.55. The lowest BCUT2D eigenvalue weighted by Gasteiger charge is -2.31. The second kappa shape index (κ2) is 8.45. The van der Waals surface area contributed by atoms with E-state index in [1.807, 2.05) is 0 Å². The minimum atomic E-state index is -1.06. The molecule has 0 spiro atoms. The summed E-state index contributed by atoms with van der Waals surface area (Å²) in [6, 6.07) is -2.30. The fraction of sp³-hybridized carbons (Fsp3) is 0.846. The molecule has 0 saturated heterocycles. The van der Waals surface area contributed by atoms with Crippen molar-refractivity contribution in [2.45, 2.75) is 68.6 Å². The van der Waals surface area contributed by atoms with Gasteiger partial charge in [0, 0.05) is 17.5 Å². The zero-order chi connectivity index (χ0) is 16.9. The highest BCUT2D eigenvalue weighted by Gasteiger charge is 2.35. The van der Waals surface area contributed by atoms with Crippen LogP contribution in [0.3, 0.4) is 0 Å². The molecule has 1 aliphatic rings. The van der Waals surface area contributed by atoms with Crippen molar-refractivity contribution in [2.24, 2.45) is 0 Å². The molecule has 1 rings (SSSR count). The van der Waals surface area contributed by atoms with Crippen molar-refractivity contribution < 1.29 is 14.1 Å². The molecule has 4 amide bonds. The molecule has 0 aromatic carbocycles. The van der Waals surface area contributed by atoms with Gasteiger partial charge in [0.1, 0.15) is 0 Å². The Balaban J connectivity index is 2.80. The molecule has 1 saturated carbocycles. The molecule has 1 N–H and O–H groups in total. The summed E-state index contributed by atoms with van der Waals surface area (Å²) in [5.41, 5.74) is -0.573. The summed E-state index contributed by atoms with van der Waals surface area (Å²) in [6.45, 7) is 5.27. The highest BCUT2D eigenvalue weighted by molar-refractivity contribution is 8.01. The van der Waals surface area contributed by atoms with E-state index >= 15 is 0 Å². The Bertz CT molecular complexity index is 401. The van der Waals surface area contributed by atoms with Gasteiger partial charge in [0.05, 0.1) is 6.04 Å². The number of nitrogens with one attached hydrogen (secondary N) is 1. The van der Waals surface area contributed by atoms with Crippen LogP contribution < -0.4 is 5.32 Å². The molecule has 0 aliphatic heterocycles. The fourth-order valence-corrected chi connectivity index (χ4v) is 3.13. The lowest BCUT2D eigenvalue weighted by molar-refractivity contribution is 0.00408. The molecule has 0 radical (unpaired) electrons. The van der Waals surface area contributed by atoms with E-state index in [1.165, 1.54) is 0 Å². The summed E-state index contributed by atoms with van der Waals surface area (Å²) in [7, 11) is 0. The van der Waals surface area contributed by atoms with Crippen molar-refractivity contribution in [3.8, 4) is 0 Å². The normalized spacial score (nSPS) is 16.5. The van der Waals surface area contributed by atoms with Gasteiger partial charge in [0.15, 0.2) is 4.17 Å². The third-order valence-corrected chi connectivity index (χ3v) is 4.27. The topological polar surface area (TPSA) is 52.7 Å². The number of hydrogen-bond acceptors (Lipinski definition) is 3. The number of hydrogen-bond donors (Lipinski definition) is 1. The molecule has 1 fully saturated rings. The van der Waals surface area contributed by atoms with Crippen molar-refractivity contribution in [1.82, 2.24) is 14.7 Å². The van der Waals surface area contributed by atoms with Gasteiger partial charge in [0.25, 0.3) is 0 Å². The average molecular weight is 374 g/mol. The lowest BCUT2D eigenvalue weighted by Crippen LogP contribution is -2.52. The zero-order valence-electron chi connectivity index (χ0n) is 12.9. The Morgan fingerprint density at radius 3 is 2.23 bits per heavy atom. The monoisotopic (exact) mass is 373 g/mol. The van der Waals surface area contributed by atoms with Crippen LogP contribution in [0.2, 0.25) is 0 Å². The average Bonchev–Trinajstić information content (AvgIpc) is 2.42. The minimum absolute atomic E-state index is 0.130. The second-order valence-electron chi connectivity index (χ2n) is 6.23. The lowest BCUT2D eigenvalue weighted by atomic mass is 9.95. The number of carbonyl (C=O) groups is 2. The molecule has 128 valence electrons. The van der Waals surface area contributed by atoms with Gasteiger partial charge in [-0.1, -0.05) is 46.9 Å². The Morgan fingerprint density at radius 2 is 1.77 bits per heavy atom. The van der Waals surface area contributed by atoms with E-state index in [0.29, 0.717) is 29.1 Å². The van der Waals surface area contributed by atoms with Crippen molar-refractivity contribution >= 4 is 47.2 Å². The van der Waals surface area contributed by atoms with Gasteiger partial charge >= 0.3 is 12.1 Å². The van der Waals surface area contributed by atoms with Crippen LogP contribution >= 0.6 is 35.1 Å². The number of carbonyl (C=O) groups excluding carboxylic acids is 2. The molecule has 1 aliphatic carbocycles. The van der Waals surface area contributed by atoms with E-state index in [1.54, 1.807) is 20.8 Å². The van der Waals surface area contributed by atoms with Crippen molar-refractivity contribution in [1.29, 1.82) is 0 Å². The predicted octanol–water partition coefficient (Wildman–Crippen LogP) is 4.85. The first-order valence-electron chi connectivity index (χ1n) is 7.18. The summed E-state index contributed by atoms with van der Waals surface area (Å²) in [5, 5.41) is 2.73. The SMILES string of the molecule is CC(C)(C)NC(=O)N(SC(Cl)Cl)C(=O)N(F)C1CCCCC1. The second-order valence-corrected chi connectivity index (χ2v) is 8.89. The fourth-order valence-electron chi connectivity index (χ4n) is 2.18. The molecule has 0 aromatic rings. The first-order chi connectivity index (χ1) is 10.1. The van der Waals surface area contributed by atoms with E-state index in [0.717, 1.165) is 19.3 Å². The predicted molar refractivity (Wildman–Crippen MR) is 88.4 cm³/mol. The molecule has 22 heavy (non-hydrogen) atoms. The molecule has 0 heterocycles. The van der Waals surface area contributed by atoms with Crippen LogP contribution in [0.25, 0.3) is 0 Å². The number of imide groups is 1. The highest BCUT2D eigenvalue weighted by atomic mass is 35.5. The third-order valence-electron chi connectivity index (χ3n) is 3.10. The Hall–Kier alpha value is -0.400. The minimum Gasteiger partial charge on any atom is -0.332 e. The largest absolute Gasteiger partial charge is 0.366 e. The number of nitrogens with zero attached hydrogens (tertiary/aromatic N) is 2. The molecular formula is C13H22Cl2FN3O2S. The van der Waals surface area contributed by atoms with Crippen LogP contribution in [0.15, 0.2) is 0 Å². The number of halogens is 3. The number of alkyl halides is 2. The third kappa shape index (κ3) is 6.38. The van der Waals surface area contributed by atoms with E-state index in [9.17, 15) is 14.1 Å². The zero-order valence-corrected chi connectivity index (χ0v) is 15.3. The van der Waals surface area contributed by atoms with Crippen LogP contribution in [-0.2, 0) is 0 Å². The summed E-state index contributed by atoms with van der Waals surface area (Å²) >= 11 is 11.8.